The molecule has 16 heavy (non-hydrogen) atoms. The fourth-order valence-electron chi connectivity index (χ4n) is 1.48. The smallest absolute Gasteiger partial charge is 0.135 e. The molecule has 1 unspecified atom stereocenters. The molecule has 0 saturated heterocycles. The molecule has 90 valence electrons. The molecule has 0 spiro atoms. The predicted octanol–water partition coefficient (Wildman–Crippen LogP) is 3.86. The van der Waals surface area contributed by atoms with E-state index in [1.807, 2.05) is 6.07 Å². The number of halogens is 2. The molecule has 0 aliphatic heterocycles. The van der Waals surface area contributed by atoms with Crippen LogP contribution in [0.1, 0.15) is 26.3 Å². The summed E-state index contributed by atoms with van der Waals surface area (Å²) in [5.41, 5.74) is 1.01. The third-order valence-corrected chi connectivity index (χ3v) is 3.51. The summed E-state index contributed by atoms with van der Waals surface area (Å²) in [5, 5.41) is 0.934. The van der Waals surface area contributed by atoms with Gasteiger partial charge in [0.05, 0.1) is 0 Å². The first-order valence-corrected chi connectivity index (χ1v) is 6.18. The van der Waals surface area contributed by atoms with Crippen LogP contribution in [0.2, 0.25) is 10.3 Å². The molecule has 0 aliphatic rings. The Morgan fingerprint density at radius 1 is 1.25 bits per heavy atom. The van der Waals surface area contributed by atoms with Gasteiger partial charge in [0.25, 0.3) is 0 Å². The average Bonchev–Trinajstić information content (AvgIpc) is 2.20. The summed E-state index contributed by atoms with van der Waals surface area (Å²) in [6.07, 6.45) is 0. The Morgan fingerprint density at radius 3 is 2.38 bits per heavy atom. The average molecular weight is 261 g/mol. The first kappa shape index (κ1) is 13.8. The van der Waals surface area contributed by atoms with E-state index in [0.717, 1.165) is 12.1 Å². The molecular formula is C12H18Cl2N2. The zero-order valence-corrected chi connectivity index (χ0v) is 11.7. The number of hydrogen-bond donors (Lipinski definition) is 0. The second-order valence-corrected chi connectivity index (χ2v) is 5.23. The van der Waals surface area contributed by atoms with Crippen LogP contribution in [-0.4, -0.2) is 23.0 Å². The number of pyridine rings is 1. The topological polar surface area (TPSA) is 16.1 Å². The van der Waals surface area contributed by atoms with Crippen LogP contribution >= 0.6 is 23.2 Å². The van der Waals surface area contributed by atoms with Crippen LogP contribution in [0.25, 0.3) is 0 Å². The van der Waals surface area contributed by atoms with Gasteiger partial charge >= 0.3 is 0 Å². The van der Waals surface area contributed by atoms with Crippen molar-refractivity contribution in [1.29, 1.82) is 0 Å². The molecule has 0 saturated carbocycles. The molecule has 1 heterocycles. The molecule has 0 amide bonds. The van der Waals surface area contributed by atoms with Gasteiger partial charge in [-0.2, -0.15) is 0 Å². The lowest BCUT2D eigenvalue weighted by molar-refractivity contribution is 0.200. The molecule has 0 aliphatic carbocycles. The maximum atomic E-state index is 6.04. The molecule has 0 radical (unpaired) electrons. The predicted molar refractivity (Wildman–Crippen MR) is 70.0 cm³/mol. The van der Waals surface area contributed by atoms with Crippen LogP contribution in [0, 0.1) is 5.92 Å². The molecule has 1 aromatic heterocycles. The Balaban J connectivity index is 2.73. The lowest BCUT2D eigenvalue weighted by Crippen LogP contribution is -2.32. The van der Waals surface area contributed by atoms with Gasteiger partial charge in [0.15, 0.2) is 0 Å². The fraction of sp³-hybridized carbons (Fsp3) is 0.583. The number of aromatic nitrogens is 1. The minimum Gasteiger partial charge on any atom is -0.299 e. The third kappa shape index (κ3) is 3.62. The van der Waals surface area contributed by atoms with E-state index in [1.165, 1.54) is 0 Å². The molecule has 2 nitrogen and oxygen atoms in total. The van der Waals surface area contributed by atoms with E-state index in [0.29, 0.717) is 22.3 Å². The molecule has 4 heteroatoms. The maximum Gasteiger partial charge on any atom is 0.135 e. The van der Waals surface area contributed by atoms with E-state index in [-0.39, 0.29) is 0 Å². The zero-order valence-electron chi connectivity index (χ0n) is 10.2. The second kappa shape index (κ2) is 5.85. The van der Waals surface area contributed by atoms with Gasteiger partial charge in [0, 0.05) is 18.2 Å². The molecule has 1 rings (SSSR count). The van der Waals surface area contributed by atoms with Crippen LogP contribution in [-0.2, 0) is 6.54 Å². The van der Waals surface area contributed by atoms with Gasteiger partial charge in [-0.25, -0.2) is 4.98 Å². The maximum absolute atomic E-state index is 6.04. The molecule has 0 fully saturated rings. The Bertz CT molecular complexity index is 353. The van der Waals surface area contributed by atoms with Gasteiger partial charge in [-0.05, 0) is 26.0 Å². The van der Waals surface area contributed by atoms with Gasteiger partial charge < -0.3 is 0 Å². The van der Waals surface area contributed by atoms with Crippen LogP contribution in [0.5, 0.6) is 0 Å². The Morgan fingerprint density at radius 2 is 1.88 bits per heavy atom. The van der Waals surface area contributed by atoms with Crippen molar-refractivity contribution in [2.45, 2.75) is 33.4 Å². The van der Waals surface area contributed by atoms with Crippen LogP contribution in [0.3, 0.4) is 0 Å². The Labute approximate surface area is 108 Å². The van der Waals surface area contributed by atoms with Crippen molar-refractivity contribution in [3.8, 4) is 0 Å². The van der Waals surface area contributed by atoms with Gasteiger partial charge in [0.2, 0.25) is 0 Å². The quantitative estimate of drug-likeness (QED) is 0.765. The number of nitrogens with zero attached hydrogens (tertiary/aromatic N) is 2. The molecular weight excluding hydrogens is 243 g/mol. The molecule has 0 aromatic carbocycles. The van der Waals surface area contributed by atoms with Crippen molar-refractivity contribution in [3.05, 3.63) is 28.0 Å². The summed E-state index contributed by atoms with van der Waals surface area (Å²) < 4.78 is 0. The number of rotatable bonds is 4. The summed E-state index contributed by atoms with van der Waals surface area (Å²) >= 11 is 11.8. The third-order valence-electron chi connectivity index (χ3n) is 2.97. The number of hydrogen-bond acceptors (Lipinski definition) is 2. The molecule has 1 atom stereocenters. The van der Waals surface area contributed by atoms with Gasteiger partial charge in [-0.15, -0.1) is 0 Å². The highest BCUT2D eigenvalue weighted by Gasteiger charge is 2.14. The largest absolute Gasteiger partial charge is 0.299 e. The van der Waals surface area contributed by atoms with Crippen LogP contribution in [0.15, 0.2) is 12.1 Å². The normalized spacial score (nSPS) is 13.5. The summed E-state index contributed by atoms with van der Waals surface area (Å²) in [7, 11) is 2.09. The lowest BCUT2D eigenvalue weighted by Gasteiger charge is -2.27. The minimum atomic E-state index is 0.438. The van der Waals surface area contributed by atoms with E-state index in [1.54, 1.807) is 6.07 Å². The standard InChI is InChI=1S/C12H18Cl2N2/c1-8(2)9(3)16(4)7-10-5-6-11(13)15-12(10)14/h5-6,8-9H,7H2,1-4H3. The van der Waals surface area contributed by atoms with E-state index in [9.17, 15) is 0 Å². The van der Waals surface area contributed by atoms with E-state index in [2.05, 4.69) is 37.7 Å². The van der Waals surface area contributed by atoms with Crippen molar-refractivity contribution in [2.24, 2.45) is 5.92 Å². The highest BCUT2D eigenvalue weighted by molar-refractivity contribution is 6.32. The van der Waals surface area contributed by atoms with Gasteiger partial charge in [0.1, 0.15) is 10.3 Å². The Kier molecular flexibility index (Phi) is 5.03. The molecule has 0 bridgehead atoms. The first-order chi connectivity index (χ1) is 7.41. The van der Waals surface area contributed by atoms with Crippen molar-refractivity contribution in [3.63, 3.8) is 0 Å². The van der Waals surface area contributed by atoms with Gasteiger partial charge in [-0.1, -0.05) is 43.1 Å². The SMILES string of the molecule is CC(C)C(C)N(C)Cc1ccc(Cl)nc1Cl. The summed E-state index contributed by atoms with van der Waals surface area (Å²) in [5.74, 6) is 0.615. The molecule has 1 aromatic rings. The first-order valence-electron chi connectivity index (χ1n) is 5.43. The van der Waals surface area contributed by atoms with E-state index >= 15 is 0 Å². The Hall–Kier alpha value is -0.310. The molecule has 0 N–H and O–H groups in total. The van der Waals surface area contributed by atoms with E-state index in [4.69, 9.17) is 23.2 Å². The van der Waals surface area contributed by atoms with Crippen molar-refractivity contribution in [2.75, 3.05) is 7.05 Å². The summed E-state index contributed by atoms with van der Waals surface area (Å²) in [4.78, 5) is 6.30. The van der Waals surface area contributed by atoms with Gasteiger partial charge in [-0.3, -0.25) is 4.90 Å². The monoisotopic (exact) mass is 260 g/mol. The van der Waals surface area contributed by atoms with Crippen LogP contribution in [0.4, 0.5) is 0 Å². The van der Waals surface area contributed by atoms with Crippen molar-refractivity contribution < 1.29 is 0 Å². The highest BCUT2D eigenvalue weighted by atomic mass is 35.5. The highest BCUT2D eigenvalue weighted by Crippen LogP contribution is 2.19. The fourth-order valence-corrected chi connectivity index (χ4v) is 1.89. The van der Waals surface area contributed by atoms with Crippen LogP contribution < -0.4 is 0 Å². The summed E-state index contributed by atoms with van der Waals surface area (Å²) in [6.45, 7) is 7.43. The zero-order chi connectivity index (χ0) is 12.3. The lowest BCUT2D eigenvalue weighted by atomic mass is 10.0. The van der Waals surface area contributed by atoms with E-state index < -0.39 is 0 Å². The van der Waals surface area contributed by atoms with Crippen molar-refractivity contribution >= 4 is 23.2 Å². The second-order valence-electron chi connectivity index (χ2n) is 4.48. The minimum absolute atomic E-state index is 0.438. The summed E-state index contributed by atoms with van der Waals surface area (Å²) in [6, 6.07) is 4.21. The van der Waals surface area contributed by atoms with Crippen molar-refractivity contribution in [1.82, 2.24) is 9.88 Å².